The smallest absolute Gasteiger partial charge is 0.354 e. The molecule has 1 aromatic rings. The zero-order chi connectivity index (χ0) is 17.4. The standard InChI is InChI=1S/C12H16F5N3O2S/c1-4-23(21-11(15)16,8-5-12(2,3)22-19-8)6-7-9(13)18-20(17)10(7)14/h11H,4-6H2,1-3H3. The Morgan fingerprint density at radius 1 is 1.39 bits per heavy atom. The molecule has 2 rings (SSSR count). The summed E-state index contributed by atoms with van der Waals surface area (Å²) in [6.45, 7) is 1.73. The highest BCUT2D eigenvalue weighted by Crippen LogP contribution is 2.58. The van der Waals surface area contributed by atoms with Gasteiger partial charge in [0.15, 0.2) is 0 Å². The van der Waals surface area contributed by atoms with Gasteiger partial charge in [-0.3, -0.25) is 4.18 Å². The summed E-state index contributed by atoms with van der Waals surface area (Å²) in [4.78, 5) is 4.37. The molecule has 1 unspecified atom stereocenters. The number of aromatic nitrogens is 2. The lowest BCUT2D eigenvalue weighted by Gasteiger charge is -2.37. The first kappa shape index (κ1) is 18.0. The number of oxime groups is 1. The highest BCUT2D eigenvalue weighted by atomic mass is 32.3. The van der Waals surface area contributed by atoms with Crippen molar-refractivity contribution in [3.8, 4) is 0 Å². The number of halogens is 5. The highest BCUT2D eigenvalue weighted by Gasteiger charge is 2.43. The Bertz CT molecular complexity index is 622. The normalized spacial score (nSPS) is 21.0. The molecular formula is C12H16F5N3O2S. The van der Waals surface area contributed by atoms with E-state index in [4.69, 9.17) is 9.02 Å². The molecule has 0 aromatic carbocycles. The molecule has 0 amide bonds. The Labute approximate surface area is 130 Å². The summed E-state index contributed by atoms with van der Waals surface area (Å²) >= 11 is 0. The van der Waals surface area contributed by atoms with E-state index in [0.29, 0.717) is 0 Å². The average Bonchev–Trinajstić information content (AvgIpc) is 2.92. The maximum absolute atomic E-state index is 13.7. The molecule has 0 saturated carbocycles. The van der Waals surface area contributed by atoms with Crippen molar-refractivity contribution < 1.29 is 31.1 Å². The van der Waals surface area contributed by atoms with Gasteiger partial charge in [-0.1, -0.05) is 31.8 Å². The van der Waals surface area contributed by atoms with E-state index >= 15 is 0 Å². The van der Waals surface area contributed by atoms with E-state index in [9.17, 15) is 22.0 Å². The van der Waals surface area contributed by atoms with Crippen LogP contribution in [0.1, 0.15) is 32.8 Å². The molecule has 0 fully saturated rings. The van der Waals surface area contributed by atoms with Gasteiger partial charge in [-0.05, 0) is 13.8 Å². The zero-order valence-electron chi connectivity index (χ0n) is 12.7. The molecule has 0 N–H and O–H groups in total. The molecule has 132 valence electrons. The van der Waals surface area contributed by atoms with E-state index in [-0.39, 0.29) is 17.2 Å². The minimum atomic E-state index is -3.18. The molecule has 1 aliphatic heterocycles. The Morgan fingerprint density at radius 2 is 2.04 bits per heavy atom. The molecule has 1 aromatic heterocycles. The fourth-order valence-corrected chi connectivity index (χ4v) is 4.97. The van der Waals surface area contributed by atoms with Gasteiger partial charge in [0.25, 0.3) is 5.95 Å². The topological polar surface area (TPSA) is 48.6 Å². The Hall–Kier alpha value is -1.36. The molecule has 23 heavy (non-hydrogen) atoms. The van der Waals surface area contributed by atoms with Crippen LogP contribution in [0.25, 0.3) is 0 Å². The number of hydrogen-bond donors (Lipinski definition) is 0. The van der Waals surface area contributed by atoms with E-state index in [1.165, 1.54) is 6.92 Å². The zero-order valence-corrected chi connectivity index (χ0v) is 13.5. The minimum Gasteiger partial charge on any atom is -0.389 e. The second kappa shape index (κ2) is 6.27. The van der Waals surface area contributed by atoms with Crippen LogP contribution in [-0.4, -0.2) is 33.0 Å². The van der Waals surface area contributed by atoms with Crippen molar-refractivity contribution in [3.63, 3.8) is 0 Å². The van der Waals surface area contributed by atoms with Crippen LogP contribution in [0.3, 0.4) is 0 Å². The lowest BCUT2D eigenvalue weighted by Crippen LogP contribution is -2.26. The van der Waals surface area contributed by atoms with E-state index in [2.05, 4.69) is 10.3 Å². The third-order valence-corrected chi connectivity index (χ3v) is 6.62. The number of nitrogens with zero attached hydrogens (tertiary/aromatic N) is 3. The predicted molar refractivity (Wildman–Crippen MR) is 74.8 cm³/mol. The average molecular weight is 361 g/mol. The van der Waals surface area contributed by atoms with Gasteiger partial charge < -0.3 is 4.84 Å². The van der Waals surface area contributed by atoms with Gasteiger partial charge in [-0.15, -0.1) is 5.10 Å². The number of rotatable bonds is 5. The molecule has 2 heterocycles. The van der Waals surface area contributed by atoms with Gasteiger partial charge in [-0.2, -0.15) is 17.6 Å². The first-order valence-electron chi connectivity index (χ1n) is 6.69. The van der Waals surface area contributed by atoms with E-state index in [0.717, 1.165) is 0 Å². The SMILES string of the molecule is CCS(Cc1c(F)nn(F)c1F)(OC(F)F)C1=NOC(C)(C)C1. The van der Waals surface area contributed by atoms with Gasteiger partial charge in [0.1, 0.15) is 10.6 Å². The largest absolute Gasteiger partial charge is 0.389 e. The lowest BCUT2D eigenvalue weighted by atomic mass is 10.1. The molecule has 0 saturated heterocycles. The van der Waals surface area contributed by atoms with Gasteiger partial charge in [0.05, 0.1) is 5.56 Å². The maximum atomic E-state index is 13.7. The van der Waals surface area contributed by atoms with Crippen molar-refractivity contribution in [2.24, 2.45) is 5.16 Å². The fraction of sp³-hybridized carbons (Fsp3) is 0.667. The highest BCUT2D eigenvalue weighted by molar-refractivity contribution is 8.41. The predicted octanol–water partition coefficient (Wildman–Crippen LogP) is 3.89. The van der Waals surface area contributed by atoms with Crippen LogP contribution in [0.4, 0.5) is 22.0 Å². The quantitative estimate of drug-likeness (QED) is 0.748. The monoisotopic (exact) mass is 361 g/mol. The van der Waals surface area contributed by atoms with Crippen molar-refractivity contribution in [2.45, 2.75) is 45.2 Å². The molecule has 0 spiro atoms. The van der Waals surface area contributed by atoms with Crippen molar-refractivity contribution in [3.05, 3.63) is 17.5 Å². The summed E-state index contributed by atoms with van der Waals surface area (Å²) in [5.41, 5.74) is -1.49. The van der Waals surface area contributed by atoms with Gasteiger partial charge in [-0.25, -0.2) is 0 Å². The van der Waals surface area contributed by atoms with Crippen molar-refractivity contribution in [1.29, 1.82) is 0 Å². The summed E-state index contributed by atoms with van der Waals surface area (Å²) in [6.07, 6.45) is 0.163. The van der Waals surface area contributed by atoms with Crippen LogP contribution in [0.5, 0.6) is 0 Å². The molecule has 0 bridgehead atoms. The Balaban J connectivity index is 2.41. The second-order valence-corrected chi connectivity index (χ2v) is 8.69. The summed E-state index contributed by atoms with van der Waals surface area (Å²) in [5.74, 6) is -3.59. The first-order valence-corrected chi connectivity index (χ1v) is 8.59. The summed E-state index contributed by atoms with van der Waals surface area (Å²) in [5, 5.41) is 6.61. The van der Waals surface area contributed by atoms with Crippen LogP contribution in [0, 0.1) is 11.9 Å². The van der Waals surface area contributed by atoms with Crippen LogP contribution < -0.4 is 0 Å². The van der Waals surface area contributed by atoms with E-state index in [1.807, 2.05) is 0 Å². The molecular weight excluding hydrogens is 345 g/mol. The molecule has 1 aliphatic rings. The molecule has 1 atom stereocenters. The van der Waals surface area contributed by atoms with Crippen LogP contribution >= 0.6 is 10.3 Å². The second-order valence-electron chi connectivity index (χ2n) is 5.53. The van der Waals surface area contributed by atoms with Crippen molar-refractivity contribution in [1.82, 2.24) is 10.0 Å². The van der Waals surface area contributed by atoms with Crippen LogP contribution in [-0.2, 0) is 14.8 Å². The minimum absolute atomic E-state index is 0.00591. The Morgan fingerprint density at radius 3 is 2.43 bits per heavy atom. The molecule has 0 radical (unpaired) electrons. The molecule has 11 heteroatoms. The van der Waals surface area contributed by atoms with E-state index < -0.39 is 50.6 Å². The van der Waals surface area contributed by atoms with Gasteiger partial charge in [0.2, 0.25) is 5.95 Å². The van der Waals surface area contributed by atoms with Crippen LogP contribution in [0.15, 0.2) is 5.16 Å². The molecule has 0 aliphatic carbocycles. The van der Waals surface area contributed by atoms with Crippen molar-refractivity contribution in [2.75, 3.05) is 5.75 Å². The summed E-state index contributed by atoms with van der Waals surface area (Å²) in [6, 6.07) is 0. The van der Waals surface area contributed by atoms with Gasteiger partial charge in [0, 0.05) is 17.9 Å². The lowest BCUT2D eigenvalue weighted by molar-refractivity contribution is -0.0386. The molecule has 5 nitrogen and oxygen atoms in total. The number of hydrogen-bond acceptors (Lipinski definition) is 4. The number of alkyl halides is 2. The van der Waals surface area contributed by atoms with Gasteiger partial charge >= 0.3 is 6.61 Å². The third-order valence-electron chi connectivity index (χ3n) is 3.34. The Kier molecular flexibility index (Phi) is 4.90. The van der Waals surface area contributed by atoms with Crippen LogP contribution in [0.2, 0.25) is 0 Å². The summed E-state index contributed by atoms with van der Waals surface area (Å²) < 4.78 is 70.8. The van der Waals surface area contributed by atoms with E-state index in [1.54, 1.807) is 13.8 Å². The third kappa shape index (κ3) is 3.60. The van der Waals surface area contributed by atoms with Crippen molar-refractivity contribution >= 4 is 15.4 Å². The maximum Gasteiger partial charge on any atom is 0.354 e. The fourth-order valence-electron chi connectivity index (χ4n) is 2.18. The first-order chi connectivity index (χ1) is 10.6. The summed E-state index contributed by atoms with van der Waals surface area (Å²) in [7, 11) is -2.89.